The molecule has 0 aromatic carbocycles. The van der Waals surface area contributed by atoms with Crippen molar-refractivity contribution in [1.82, 2.24) is 10.6 Å². The summed E-state index contributed by atoms with van der Waals surface area (Å²) in [6, 6.07) is -1.39. The predicted octanol–water partition coefficient (Wildman–Crippen LogP) is -0.196. The van der Waals surface area contributed by atoms with Crippen LogP contribution in [0.3, 0.4) is 0 Å². The topological polar surface area (TPSA) is 122 Å². The molecule has 0 spiro atoms. The second-order valence-corrected chi connectivity index (χ2v) is 3.62. The highest BCUT2D eigenvalue weighted by molar-refractivity contribution is 5.82. The molecule has 5 N–H and O–H groups in total. The summed E-state index contributed by atoms with van der Waals surface area (Å²) in [5, 5.41) is 13.5. The number of unbranched alkanes of at least 4 members (excludes halogenated alkanes) is 1. The molecule has 0 fully saturated rings. The predicted molar refractivity (Wildman–Crippen MR) is 61.3 cm³/mol. The van der Waals surface area contributed by atoms with Crippen LogP contribution in [0.1, 0.15) is 32.6 Å². The Bertz CT molecular complexity index is 281. The molecule has 0 rings (SSSR count). The van der Waals surface area contributed by atoms with Crippen LogP contribution in [-0.4, -0.2) is 35.6 Å². The molecule has 98 valence electrons. The Hall–Kier alpha value is -1.79. The first-order chi connectivity index (χ1) is 7.97. The third-order valence-corrected chi connectivity index (χ3v) is 2.15. The molecule has 7 nitrogen and oxygen atoms in total. The molecular formula is C10H19N3O4. The van der Waals surface area contributed by atoms with E-state index in [0.717, 1.165) is 0 Å². The highest BCUT2D eigenvalue weighted by Crippen LogP contribution is 1.93. The van der Waals surface area contributed by atoms with Crippen LogP contribution in [0.2, 0.25) is 0 Å². The van der Waals surface area contributed by atoms with Gasteiger partial charge < -0.3 is 21.5 Å². The summed E-state index contributed by atoms with van der Waals surface area (Å²) < 4.78 is 0. The summed E-state index contributed by atoms with van der Waals surface area (Å²) in [4.78, 5) is 32.3. The summed E-state index contributed by atoms with van der Waals surface area (Å²) >= 11 is 0. The number of amides is 3. The van der Waals surface area contributed by atoms with E-state index in [1.807, 2.05) is 0 Å². The SMILES string of the molecule is CCC(NC(=O)NCCCCC(N)=O)C(=O)O. The maximum atomic E-state index is 11.2. The van der Waals surface area contributed by atoms with Gasteiger partial charge >= 0.3 is 12.0 Å². The molecule has 3 amide bonds. The summed E-state index contributed by atoms with van der Waals surface area (Å²) in [7, 11) is 0. The van der Waals surface area contributed by atoms with E-state index >= 15 is 0 Å². The van der Waals surface area contributed by atoms with Crippen LogP contribution in [0, 0.1) is 0 Å². The van der Waals surface area contributed by atoms with Gasteiger partial charge in [0.15, 0.2) is 0 Å². The third-order valence-electron chi connectivity index (χ3n) is 2.15. The molecule has 1 unspecified atom stereocenters. The Labute approximate surface area is 99.7 Å². The lowest BCUT2D eigenvalue weighted by Crippen LogP contribution is -2.45. The largest absolute Gasteiger partial charge is 0.480 e. The van der Waals surface area contributed by atoms with Crippen molar-refractivity contribution in [3.8, 4) is 0 Å². The van der Waals surface area contributed by atoms with E-state index in [1.165, 1.54) is 0 Å². The number of carbonyl (C=O) groups excluding carboxylic acids is 2. The van der Waals surface area contributed by atoms with E-state index in [2.05, 4.69) is 10.6 Å². The average molecular weight is 245 g/mol. The lowest BCUT2D eigenvalue weighted by atomic mass is 10.2. The zero-order chi connectivity index (χ0) is 13.3. The van der Waals surface area contributed by atoms with Gasteiger partial charge in [-0.05, 0) is 19.3 Å². The minimum Gasteiger partial charge on any atom is -0.480 e. The van der Waals surface area contributed by atoms with Gasteiger partial charge in [-0.1, -0.05) is 6.92 Å². The van der Waals surface area contributed by atoms with Gasteiger partial charge in [0.05, 0.1) is 0 Å². The number of aliphatic carboxylic acids is 1. The van der Waals surface area contributed by atoms with E-state index in [9.17, 15) is 14.4 Å². The van der Waals surface area contributed by atoms with Crippen molar-refractivity contribution in [2.75, 3.05) is 6.54 Å². The molecule has 1 atom stereocenters. The molecule has 0 bridgehead atoms. The molecular weight excluding hydrogens is 226 g/mol. The number of nitrogens with two attached hydrogens (primary N) is 1. The number of carbonyl (C=O) groups is 3. The summed E-state index contributed by atoms with van der Waals surface area (Å²) in [5.41, 5.74) is 4.95. The molecule has 0 aliphatic heterocycles. The standard InChI is InChI=1S/C10H19N3O4/c1-2-7(9(15)16)13-10(17)12-6-4-3-5-8(11)14/h7H,2-6H2,1H3,(H2,11,14)(H,15,16)(H2,12,13,17). The monoisotopic (exact) mass is 245 g/mol. The number of hydrogen-bond acceptors (Lipinski definition) is 3. The van der Waals surface area contributed by atoms with E-state index in [0.29, 0.717) is 25.8 Å². The zero-order valence-electron chi connectivity index (χ0n) is 9.86. The van der Waals surface area contributed by atoms with Crippen molar-refractivity contribution in [2.45, 2.75) is 38.6 Å². The Kier molecular flexibility index (Phi) is 7.49. The number of hydrogen-bond donors (Lipinski definition) is 4. The lowest BCUT2D eigenvalue weighted by molar-refractivity contribution is -0.139. The fourth-order valence-electron chi connectivity index (χ4n) is 1.17. The number of urea groups is 1. The van der Waals surface area contributed by atoms with E-state index < -0.39 is 18.0 Å². The lowest BCUT2D eigenvalue weighted by Gasteiger charge is -2.12. The van der Waals surface area contributed by atoms with Gasteiger partial charge in [-0.2, -0.15) is 0 Å². The van der Waals surface area contributed by atoms with E-state index in [4.69, 9.17) is 10.8 Å². The van der Waals surface area contributed by atoms with Gasteiger partial charge in [-0.25, -0.2) is 9.59 Å². The maximum absolute atomic E-state index is 11.2. The minimum atomic E-state index is -1.06. The van der Waals surface area contributed by atoms with E-state index in [1.54, 1.807) is 6.92 Å². The smallest absolute Gasteiger partial charge is 0.326 e. The number of primary amides is 1. The van der Waals surface area contributed by atoms with Gasteiger partial charge in [0, 0.05) is 13.0 Å². The fourth-order valence-corrected chi connectivity index (χ4v) is 1.17. The van der Waals surface area contributed by atoms with Crippen molar-refractivity contribution < 1.29 is 19.5 Å². The quantitative estimate of drug-likeness (QED) is 0.442. The molecule has 7 heteroatoms. The van der Waals surface area contributed by atoms with Crippen LogP contribution in [0.4, 0.5) is 4.79 Å². The zero-order valence-corrected chi connectivity index (χ0v) is 9.86. The van der Waals surface area contributed by atoms with Crippen LogP contribution in [-0.2, 0) is 9.59 Å². The number of rotatable bonds is 8. The summed E-state index contributed by atoms with van der Waals surface area (Å²) in [6.07, 6.45) is 1.84. The molecule has 0 aliphatic rings. The van der Waals surface area contributed by atoms with Crippen molar-refractivity contribution in [3.05, 3.63) is 0 Å². The first-order valence-corrected chi connectivity index (χ1v) is 5.52. The average Bonchev–Trinajstić information content (AvgIpc) is 2.24. The van der Waals surface area contributed by atoms with Gasteiger partial charge in [0.25, 0.3) is 0 Å². The Morgan fingerprint density at radius 2 is 1.94 bits per heavy atom. The number of carboxylic acid groups (broad SMARTS) is 1. The first kappa shape index (κ1) is 15.2. The highest BCUT2D eigenvalue weighted by atomic mass is 16.4. The summed E-state index contributed by atoms with van der Waals surface area (Å²) in [5.74, 6) is -1.43. The van der Waals surface area contributed by atoms with Crippen LogP contribution in [0.25, 0.3) is 0 Å². The number of nitrogens with one attached hydrogen (secondary N) is 2. The Balaban J connectivity index is 3.65. The molecule has 0 aromatic heterocycles. The molecule has 0 heterocycles. The van der Waals surface area contributed by atoms with Gasteiger partial charge in [-0.3, -0.25) is 4.79 Å². The van der Waals surface area contributed by atoms with Crippen LogP contribution in [0.5, 0.6) is 0 Å². The van der Waals surface area contributed by atoms with Crippen LogP contribution < -0.4 is 16.4 Å². The fraction of sp³-hybridized carbons (Fsp3) is 0.700. The van der Waals surface area contributed by atoms with Gasteiger partial charge in [0.1, 0.15) is 6.04 Å². The van der Waals surface area contributed by atoms with Crippen molar-refractivity contribution in [1.29, 1.82) is 0 Å². The highest BCUT2D eigenvalue weighted by Gasteiger charge is 2.16. The molecule has 0 saturated carbocycles. The summed E-state index contributed by atoms with van der Waals surface area (Å²) in [6.45, 7) is 2.06. The number of carboxylic acids is 1. The van der Waals surface area contributed by atoms with E-state index in [-0.39, 0.29) is 12.3 Å². The van der Waals surface area contributed by atoms with Crippen molar-refractivity contribution in [3.63, 3.8) is 0 Å². The van der Waals surface area contributed by atoms with Crippen molar-refractivity contribution >= 4 is 17.9 Å². The second kappa shape index (κ2) is 8.37. The third kappa shape index (κ3) is 8.06. The second-order valence-electron chi connectivity index (χ2n) is 3.62. The Morgan fingerprint density at radius 1 is 1.29 bits per heavy atom. The van der Waals surface area contributed by atoms with Crippen LogP contribution >= 0.6 is 0 Å². The van der Waals surface area contributed by atoms with Crippen molar-refractivity contribution in [2.24, 2.45) is 5.73 Å². The van der Waals surface area contributed by atoms with Gasteiger partial charge in [0.2, 0.25) is 5.91 Å². The van der Waals surface area contributed by atoms with Crippen LogP contribution in [0.15, 0.2) is 0 Å². The molecule has 0 radical (unpaired) electrons. The molecule has 0 aromatic rings. The minimum absolute atomic E-state index is 0.288. The van der Waals surface area contributed by atoms with Gasteiger partial charge in [-0.15, -0.1) is 0 Å². The molecule has 17 heavy (non-hydrogen) atoms. The normalized spacial score (nSPS) is 11.6. The molecule has 0 aliphatic carbocycles. The first-order valence-electron chi connectivity index (χ1n) is 5.52. The Morgan fingerprint density at radius 3 is 2.41 bits per heavy atom. The maximum Gasteiger partial charge on any atom is 0.326 e. The molecule has 0 saturated heterocycles.